The van der Waals surface area contributed by atoms with Gasteiger partial charge in [0.2, 0.25) is 5.91 Å². The van der Waals surface area contributed by atoms with Crippen molar-refractivity contribution in [1.82, 2.24) is 4.98 Å². The first-order valence-electron chi connectivity index (χ1n) is 14.1. The molecule has 5 rings (SSSR count). The van der Waals surface area contributed by atoms with Gasteiger partial charge in [0.1, 0.15) is 17.5 Å². The summed E-state index contributed by atoms with van der Waals surface area (Å²) >= 11 is 0. The molecule has 4 aromatic rings. The Morgan fingerprint density at radius 2 is 1.52 bits per heavy atom. The molecule has 6 nitrogen and oxygen atoms in total. The van der Waals surface area contributed by atoms with Gasteiger partial charge in [-0.2, -0.15) is 0 Å². The number of aromatic nitrogens is 1. The Labute approximate surface area is 245 Å². The molecule has 3 aromatic carbocycles. The Hall–Kier alpha value is -4.39. The van der Waals surface area contributed by atoms with Crippen LogP contribution >= 0.6 is 0 Å². The van der Waals surface area contributed by atoms with E-state index in [0.29, 0.717) is 23.4 Å². The van der Waals surface area contributed by atoms with Crippen molar-refractivity contribution < 1.29 is 23.9 Å². The van der Waals surface area contributed by atoms with Crippen LogP contribution in [-0.2, 0) is 22.0 Å². The quantitative estimate of drug-likeness (QED) is 0.245. The molecular formula is C35H35FN2O4. The molecule has 1 amide bonds. The van der Waals surface area contributed by atoms with Gasteiger partial charge >= 0.3 is 0 Å². The highest BCUT2D eigenvalue weighted by Crippen LogP contribution is 2.40. The highest BCUT2D eigenvalue weighted by atomic mass is 19.1. The monoisotopic (exact) mass is 566 g/mol. The molecule has 1 heterocycles. The number of rotatable bonds is 5. The molecule has 0 radical (unpaired) electrons. The van der Waals surface area contributed by atoms with Crippen LogP contribution < -0.4 is 5.32 Å². The third kappa shape index (κ3) is 5.43. The lowest BCUT2D eigenvalue weighted by Crippen LogP contribution is -2.18. The largest absolute Gasteiger partial charge is 0.507 e. The Kier molecular flexibility index (Phi) is 7.25. The number of phenols is 1. The molecule has 216 valence electrons. The molecule has 7 heteroatoms. The minimum Gasteiger partial charge on any atom is -0.507 e. The van der Waals surface area contributed by atoms with Crippen LogP contribution in [0.3, 0.4) is 0 Å². The number of aromatic hydroxyl groups is 1. The van der Waals surface area contributed by atoms with Crippen molar-refractivity contribution in [2.45, 2.75) is 71.1 Å². The number of nitrogens with zero attached hydrogens (tertiary/aromatic N) is 1. The molecule has 1 atom stereocenters. The van der Waals surface area contributed by atoms with Gasteiger partial charge < -0.3 is 10.4 Å². The van der Waals surface area contributed by atoms with E-state index in [1.165, 1.54) is 12.1 Å². The molecule has 42 heavy (non-hydrogen) atoms. The summed E-state index contributed by atoms with van der Waals surface area (Å²) < 4.78 is 13.8. The summed E-state index contributed by atoms with van der Waals surface area (Å²) in [5.41, 5.74) is 3.54. The van der Waals surface area contributed by atoms with E-state index in [1.807, 2.05) is 18.2 Å². The van der Waals surface area contributed by atoms with E-state index in [-0.39, 0.29) is 40.0 Å². The number of carbonyl (C=O) groups excluding carboxylic acids is 3. The first-order valence-corrected chi connectivity index (χ1v) is 14.1. The molecule has 1 aliphatic carbocycles. The number of Topliss-reactive ketones (excluding diaryl/α,β-unsaturated/α-hetero) is 2. The summed E-state index contributed by atoms with van der Waals surface area (Å²) in [4.78, 5) is 43.9. The molecule has 1 unspecified atom stereocenters. The fraction of sp³-hybridized carbons (Fsp3) is 0.314. The third-order valence-electron chi connectivity index (χ3n) is 7.78. The fourth-order valence-corrected chi connectivity index (χ4v) is 5.51. The first kappa shape index (κ1) is 29.1. The van der Waals surface area contributed by atoms with E-state index in [4.69, 9.17) is 0 Å². The number of phenolic OH excluding ortho intramolecular Hbond substituents is 1. The number of hydrogen-bond acceptors (Lipinski definition) is 5. The second kappa shape index (κ2) is 10.5. The van der Waals surface area contributed by atoms with Gasteiger partial charge in [-0.1, -0.05) is 71.9 Å². The Bertz CT molecular complexity index is 1730. The lowest BCUT2D eigenvalue weighted by molar-refractivity contribution is -0.116. The van der Waals surface area contributed by atoms with Gasteiger partial charge in [-0.25, -0.2) is 9.37 Å². The van der Waals surface area contributed by atoms with Crippen molar-refractivity contribution in [2.75, 3.05) is 5.32 Å². The van der Waals surface area contributed by atoms with E-state index in [9.17, 15) is 23.9 Å². The predicted octanol–water partition coefficient (Wildman–Crippen LogP) is 7.41. The average Bonchev–Trinajstić information content (AvgIpc) is 3.15. The summed E-state index contributed by atoms with van der Waals surface area (Å²) in [6, 6.07) is 16.3. The highest BCUT2D eigenvalue weighted by Gasteiger charge is 2.40. The van der Waals surface area contributed by atoms with Crippen LogP contribution in [-0.4, -0.2) is 27.6 Å². The number of pyridine rings is 1. The second-order valence-corrected chi connectivity index (χ2v) is 13.1. The van der Waals surface area contributed by atoms with Crippen LogP contribution in [0.15, 0.2) is 60.7 Å². The van der Waals surface area contributed by atoms with Crippen molar-refractivity contribution in [3.05, 3.63) is 100.0 Å². The lowest BCUT2D eigenvalue weighted by atomic mass is 9.78. The molecule has 2 N–H and O–H groups in total. The minimum absolute atomic E-state index is 0.0620. The molecule has 0 saturated carbocycles. The standard InChI is InChI=1S/C35H35FN2O4/c1-34(2,3)24-16-19(17-25(33(24)42)35(4,5)6)10-15-28(39)37-27-9-7-8-20-11-14-26(38-30(20)27)29-31(40)22-13-12-21(36)18-23(22)32(29)41/h7-9,11-14,16-18,29,42H,10,15H2,1-6H3,(H,37,39). The van der Waals surface area contributed by atoms with E-state index >= 15 is 0 Å². The maximum Gasteiger partial charge on any atom is 0.224 e. The van der Waals surface area contributed by atoms with Crippen molar-refractivity contribution in [3.63, 3.8) is 0 Å². The number of hydrogen-bond donors (Lipinski definition) is 2. The molecule has 0 aliphatic heterocycles. The lowest BCUT2D eigenvalue weighted by Gasteiger charge is -2.28. The number of fused-ring (bicyclic) bond motifs is 2. The number of ketones is 2. The number of anilines is 1. The minimum atomic E-state index is -1.15. The van der Waals surface area contributed by atoms with Crippen LogP contribution in [0.5, 0.6) is 5.75 Å². The van der Waals surface area contributed by atoms with E-state index in [2.05, 4.69) is 51.8 Å². The zero-order valence-electron chi connectivity index (χ0n) is 24.8. The van der Waals surface area contributed by atoms with Gasteiger partial charge in [0.15, 0.2) is 11.6 Å². The van der Waals surface area contributed by atoms with Gasteiger partial charge in [-0.15, -0.1) is 0 Å². The number of halogens is 1. The van der Waals surface area contributed by atoms with Crippen LogP contribution in [0, 0.1) is 5.82 Å². The van der Waals surface area contributed by atoms with Gasteiger partial charge in [0.25, 0.3) is 0 Å². The smallest absolute Gasteiger partial charge is 0.224 e. The molecule has 0 spiro atoms. The molecule has 0 bridgehead atoms. The first-order chi connectivity index (χ1) is 19.6. The van der Waals surface area contributed by atoms with Crippen molar-refractivity contribution in [3.8, 4) is 5.75 Å². The number of benzene rings is 3. The Morgan fingerprint density at radius 3 is 2.17 bits per heavy atom. The molecule has 1 aromatic heterocycles. The highest BCUT2D eigenvalue weighted by molar-refractivity contribution is 6.29. The number of aryl methyl sites for hydroxylation is 1. The molecule has 0 saturated heterocycles. The fourth-order valence-electron chi connectivity index (χ4n) is 5.51. The van der Waals surface area contributed by atoms with Gasteiger partial charge in [-0.05, 0) is 64.3 Å². The summed E-state index contributed by atoms with van der Waals surface area (Å²) in [7, 11) is 0. The third-order valence-corrected chi connectivity index (χ3v) is 7.78. The van der Waals surface area contributed by atoms with Crippen molar-refractivity contribution in [1.29, 1.82) is 0 Å². The predicted molar refractivity (Wildman–Crippen MR) is 162 cm³/mol. The molecule has 0 fully saturated rings. The van der Waals surface area contributed by atoms with Crippen LogP contribution in [0.4, 0.5) is 10.1 Å². The van der Waals surface area contributed by atoms with Crippen LogP contribution in [0.25, 0.3) is 10.9 Å². The van der Waals surface area contributed by atoms with Gasteiger partial charge in [0.05, 0.1) is 16.9 Å². The number of amides is 1. The molecule has 1 aliphatic rings. The maximum atomic E-state index is 13.8. The van der Waals surface area contributed by atoms with Crippen molar-refractivity contribution >= 4 is 34.1 Å². The van der Waals surface area contributed by atoms with Crippen molar-refractivity contribution in [2.24, 2.45) is 0 Å². The molecular weight excluding hydrogens is 531 g/mol. The number of para-hydroxylation sites is 1. The zero-order chi connectivity index (χ0) is 30.6. The summed E-state index contributed by atoms with van der Waals surface area (Å²) in [5, 5.41) is 14.7. The summed E-state index contributed by atoms with van der Waals surface area (Å²) in [6.45, 7) is 12.3. The normalized spacial score (nSPS) is 15.3. The average molecular weight is 567 g/mol. The summed E-state index contributed by atoms with van der Waals surface area (Å²) in [5.74, 6) is -2.55. The zero-order valence-corrected chi connectivity index (χ0v) is 24.8. The van der Waals surface area contributed by atoms with Gasteiger partial charge in [0, 0.05) is 22.9 Å². The number of carbonyl (C=O) groups is 3. The second-order valence-electron chi connectivity index (χ2n) is 13.1. The van der Waals surface area contributed by atoms with E-state index in [0.717, 1.165) is 28.1 Å². The summed E-state index contributed by atoms with van der Waals surface area (Å²) in [6.07, 6.45) is 0.677. The Balaban J connectivity index is 1.39. The number of nitrogens with one attached hydrogen (secondary N) is 1. The van der Waals surface area contributed by atoms with E-state index in [1.54, 1.807) is 24.3 Å². The SMILES string of the molecule is CC(C)(C)c1cc(CCC(=O)Nc2cccc3ccc(C4C(=O)c5ccc(F)cc5C4=O)nc23)cc(C(C)(C)C)c1O. The maximum absolute atomic E-state index is 13.8. The van der Waals surface area contributed by atoms with E-state index < -0.39 is 23.3 Å². The van der Waals surface area contributed by atoms with Crippen LogP contribution in [0.2, 0.25) is 0 Å². The Morgan fingerprint density at radius 1 is 0.881 bits per heavy atom. The van der Waals surface area contributed by atoms with Crippen LogP contribution in [0.1, 0.15) is 97.0 Å². The van der Waals surface area contributed by atoms with Gasteiger partial charge in [-0.3, -0.25) is 14.4 Å². The topological polar surface area (TPSA) is 96.4 Å².